The molecule has 0 bridgehead atoms. The van der Waals surface area contributed by atoms with Gasteiger partial charge in [0.25, 0.3) is 5.91 Å². The molecule has 2 N–H and O–H groups in total. The van der Waals surface area contributed by atoms with Crippen LogP contribution in [-0.2, 0) is 11.3 Å². The van der Waals surface area contributed by atoms with Crippen molar-refractivity contribution < 1.29 is 18.7 Å². The van der Waals surface area contributed by atoms with Crippen molar-refractivity contribution in [1.29, 1.82) is 0 Å². The van der Waals surface area contributed by atoms with E-state index in [1.54, 1.807) is 23.4 Å². The van der Waals surface area contributed by atoms with Gasteiger partial charge in [0.2, 0.25) is 5.91 Å². The summed E-state index contributed by atoms with van der Waals surface area (Å²) in [7, 11) is 1.40. The summed E-state index contributed by atoms with van der Waals surface area (Å²) in [6, 6.07) is 4.53. The number of hydrogen-bond donors (Lipinski definition) is 2. The Balaban J connectivity index is 1.46. The third-order valence-corrected chi connectivity index (χ3v) is 5.37. The lowest BCUT2D eigenvalue weighted by Crippen LogP contribution is -2.48. The Bertz CT molecular complexity index is 1170. The van der Waals surface area contributed by atoms with E-state index in [0.717, 1.165) is 0 Å². The summed E-state index contributed by atoms with van der Waals surface area (Å²) < 4.78 is 18.8. The second kappa shape index (κ2) is 9.04. The first-order valence-corrected chi connectivity index (χ1v) is 10.1. The summed E-state index contributed by atoms with van der Waals surface area (Å²) in [5, 5.41) is 2.78. The molecule has 2 aromatic heterocycles. The van der Waals surface area contributed by atoms with E-state index < -0.39 is 5.82 Å². The number of H-pyrrole nitrogens is 1. The predicted molar refractivity (Wildman–Crippen MR) is 117 cm³/mol. The minimum Gasteiger partial charge on any atom is -0.494 e. The highest BCUT2D eigenvalue weighted by Crippen LogP contribution is 2.21. The van der Waals surface area contributed by atoms with Crippen LogP contribution in [0.5, 0.6) is 5.75 Å². The Labute approximate surface area is 183 Å². The third-order valence-electron chi connectivity index (χ3n) is 5.37. The molecule has 2 amide bonds. The van der Waals surface area contributed by atoms with Crippen LogP contribution < -0.4 is 15.0 Å². The zero-order valence-electron chi connectivity index (χ0n) is 17.6. The summed E-state index contributed by atoms with van der Waals surface area (Å²) in [4.78, 5) is 40.2. The number of ether oxygens (including phenoxy) is 1. The van der Waals surface area contributed by atoms with E-state index in [4.69, 9.17) is 4.74 Å². The van der Waals surface area contributed by atoms with Crippen LogP contribution in [0.15, 0.2) is 43.2 Å². The number of benzene rings is 1. The van der Waals surface area contributed by atoms with Gasteiger partial charge >= 0.3 is 0 Å². The lowest BCUT2D eigenvalue weighted by Gasteiger charge is -2.34. The van der Waals surface area contributed by atoms with Crippen molar-refractivity contribution >= 4 is 28.8 Å². The van der Waals surface area contributed by atoms with Crippen LogP contribution in [0.3, 0.4) is 0 Å². The molecule has 1 aromatic carbocycles. The fourth-order valence-corrected chi connectivity index (χ4v) is 3.59. The second-order valence-electron chi connectivity index (χ2n) is 7.30. The SMILES string of the molecule is C=CC(=O)N1CCN(c2cnc3[nH]cc(C(=O)NCc4ccc(OC)c(F)c4)c3n2)CC1. The molecule has 9 nitrogen and oxygen atoms in total. The summed E-state index contributed by atoms with van der Waals surface area (Å²) in [5.41, 5.74) is 1.90. The fraction of sp³-hybridized carbons (Fsp3) is 0.273. The first kappa shape index (κ1) is 21.3. The summed E-state index contributed by atoms with van der Waals surface area (Å²) in [5.74, 6) is -0.145. The van der Waals surface area contributed by atoms with Crippen LogP contribution in [0, 0.1) is 5.82 Å². The van der Waals surface area contributed by atoms with Gasteiger partial charge in [-0.05, 0) is 23.8 Å². The molecular weight excluding hydrogens is 415 g/mol. The summed E-state index contributed by atoms with van der Waals surface area (Å²) >= 11 is 0. The molecule has 4 rings (SSSR count). The molecule has 3 heterocycles. The molecule has 1 fully saturated rings. The maximum absolute atomic E-state index is 13.9. The van der Waals surface area contributed by atoms with Gasteiger partial charge in [-0.2, -0.15) is 0 Å². The Kier molecular flexibility index (Phi) is 6.02. The van der Waals surface area contributed by atoms with Gasteiger partial charge < -0.3 is 24.8 Å². The maximum atomic E-state index is 13.9. The number of nitrogens with one attached hydrogen (secondary N) is 2. The van der Waals surface area contributed by atoms with Crippen molar-refractivity contribution in [2.24, 2.45) is 0 Å². The molecule has 0 spiro atoms. The summed E-state index contributed by atoms with van der Waals surface area (Å²) in [6.45, 7) is 6.00. The Morgan fingerprint density at radius 3 is 2.78 bits per heavy atom. The van der Waals surface area contributed by atoms with E-state index in [1.807, 2.05) is 4.90 Å². The lowest BCUT2D eigenvalue weighted by atomic mass is 10.2. The highest BCUT2D eigenvalue weighted by Gasteiger charge is 2.22. The fourth-order valence-electron chi connectivity index (χ4n) is 3.59. The van der Waals surface area contributed by atoms with Crippen LogP contribution >= 0.6 is 0 Å². The second-order valence-corrected chi connectivity index (χ2v) is 7.30. The Hall–Kier alpha value is -3.95. The molecular formula is C22H23FN6O3. The molecule has 0 saturated carbocycles. The molecule has 166 valence electrons. The molecule has 1 aliphatic rings. The predicted octanol–water partition coefficient (Wildman–Crippen LogP) is 1.87. The number of carbonyl (C=O) groups is 2. The minimum absolute atomic E-state index is 0.0903. The first-order valence-electron chi connectivity index (χ1n) is 10.1. The average Bonchev–Trinajstić information content (AvgIpc) is 3.25. The standard InChI is InChI=1S/C22H23FN6O3/c1-3-19(30)29-8-6-28(7-9-29)18-13-25-21-20(27-18)15(12-24-21)22(31)26-11-14-4-5-17(32-2)16(23)10-14/h3-5,10,12-13H,1,6-9,11H2,2H3,(H,24,25)(H,26,31). The number of rotatable bonds is 6. The normalized spacial score (nSPS) is 13.8. The number of hydrogen-bond acceptors (Lipinski definition) is 6. The molecule has 0 aliphatic carbocycles. The number of halogens is 1. The van der Waals surface area contributed by atoms with Crippen LogP contribution in [0.25, 0.3) is 11.2 Å². The first-order chi connectivity index (χ1) is 15.5. The largest absolute Gasteiger partial charge is 0.494 e. The van der Waals surface area contributed by atoms with Crippen molar-refractivity contribution in [2.45, 2.75) is 6.54 Å². The molecule has 0 atom stereocenters. The van der Waals surface area contributed by atoms with Gasteiger partial charge in [-0.25, -0.2) is 14.4 Å². The number of fused-ring (bicyclic) bond motifs is 1. The van der Waals surface area contributed by atoms with Crippen molar-refractivity contribution in [2.75, 3.05) is 38.2 Å². The molecule has 3 aromatic rings. The molecule has 10 heteroatoms. The van der Waals surface area contributed by atoms with Gasteiger partial charge in [0, 0.05) is 38.9 Å². The van der Waals surface area contributed by atoms with Gasteiger partial charge in [0.05, 0.1) is 18.9 Å². The van der Waals surface area contributed by atoms with E-state index in [9.17, 15) is 14.0 Å². The Morgan fingerprint density at radius 1 is 1.31 bits per heavy atom. The van der Waals surface area contributed by atoms with Crippen molar-refractivity contribution in [3.8, 4) is 5.75 Å². The zero-order valence-corrected chi connectivity index (χ0v) is 17.6. The van der Waals surface area contributed by atoms with E-state index in [-0.39, 0.29) is 24.1 Å². The monoisotopic (exact) mass is 438 g/mol. The third kappa shape index (κ3) is 4.25. The smallest absolute Gasteiger partial charge is 0.255 e. The number of piperazine rings is 1. The van der Waals surface area contributed by atoms with E-state index in [2.05, 4.69) is 26.8 Å². The van der Waals surface area contributed by atoms with E-state index >= 15 is 0 Å². The van der Waals surface area contributed by atoms with E-state index in [0.29, 0.717) is 54.3 Å². The summed E-state index contributed by atoms with van der Waals surface area (Å²) in [6.07, 6.45) is 4.51. The van der Waals surface area contributed by atoms with Crippen LogP contribution in [0.4, 0.5) is 10.2 Å². The van der Waals surface area contributed by atoms with Crippen LogP contribution in [-0.4, -0.2) is 65.0 Å². The number of carbonyl (C=O) groups excluding carboxylic acids is 2. The topological polar surface area (TPSA) is 103 Å². The van der Waals surface area contributed by atoms with Gasteiger partial charge in [-0.15, -0.1) is 0 Å². The highest BCUT2D eigenvalue weighted by molar-refractivity contribution is 6.04. The Morgan fingerprint density at radius 2 is 2.09 bits per heavy atom. The minimum atomic E-state index is -0.489. The van der Waals surface area contributed by atoms with Crippen molar-refractivity contribution in [1.82, 2.24) is 25.2 Å². The number of methoxy groups -OCH3 is 1. The molecule has 0 radical (unpaired) electrons. The molecule has 0 unspecified atom stereocenters. The quantitative estimate of drug-likeness (QED) is 0.570. The van der Waals surface area contributed by atoms with Crippen molar-refractivity contribution in [3.63, 3.8) is 0 Å². The van der Waals surface area contributed by atoms with Crippen molar-refractivity contribution in [3.05, 3.63) is 60.2 Å². The zero-order chi connectivity index (χ0) is 22.7. The molecule has 1 saturated heterocycles. The van der Waals surface area contributed by atoms with Gasteiger partial charge in [-0.3, -0.25) is 9.59 Å². The van der Waals surface area contributed by atoms with Gasteiger partial charge in [0.15, 0.2) is 17.2 Å². The van der Waals surface area contributed by atoms with Gasteiger partial charge in [-0.1, -0.05) is 12.6 Å². The molecule has 32 heavy (non-hydrogen) atoms. The van der Waals surface area contributed by atoms with Crippen LogP contribution in [0.1, 0.15) is 15.9 Å². The molecule has 1 aliphatic heterocycles. The number of aromatic nitrogens is 3. The van der Waals surface area contributed by atoms with Gasteiger partial charge in [0.1, 0.15) is 11.3 Å². The number of amides is 2. The highest BCUT2D eigenvalue weighted by atomic mass is 19.1. The number of aromatic amines is 1. The lowest BCUT2D eigenvalue weighted by molar-refractivity contribution is -0.126. The number of nitrogens with zero attached hydrogens (tertiary/aromatic N) is 4. The van der Waals surface area contributed by atoms with Crippen LogP contribution in [0.2, 0.25) is 0 Å². The average molecular weight is 438 g/mol. The van der Waals surface area contributed by atoms with E-state index in [1.165, 1.54) is 25.3 Å². The maximum Gasteiger partial charge on any atom is 0.255 e. The number of anilines is 1.